The van der Waals surface area contributed by atoms with Crippen LogP contribution in [0, 0.1) is 5.82 Å². The molecule has 1 aromatic carbocycles. The van der Waals surface area contributed by atoms with E-state index in [4.69, 9.17) is 0 Å². The molecule has 0 saturated carbocycles. The summed E-state index contributed by atoms with van der Waals surface area (Å²) in [5, 5.41) is 0. The maximum atomic E-state index is 14.0. The van der Waals surface area contributed by atoms with Crippen LogP contribution in [-0.4, -0.2) is 15.3 Å². The van der Waals surface area contributed by atoms with Crippen LogP contribution in [0.15, 0.2) is 24.4 Å². The minimum atomic E-state index is -4.59. The second-order valence-corrected chi connectivity index (χ2v) is 4.48. The quantitative estimate of drug-likeness (QED) is 0.636. The fraction of sp³-hybridized carbons (Fsp3) is 0.286. The highest BCUT2D eigenvalue weighted by Crippen LogP contribution is 2.32. The molecule has 2 rings (SSSR count). The van der Waals surface area contributed by atoms with Gasteiger partial charge in [-0.15, -0.1) is 0 Å². The van der Waals surface area contributed by atoms with Gasteiger partial charge in [-0.05, 0) is 26.0 Å². The monoisotopic (exact) mass is 300 g/mol. The Labute approximate surface area is 118 Å². The molecule has 0 aliphatic heterocycles. The van der Waals surface area contributed by atoms with Crippen LogP contribution >= 0.6 is 0 Å². The van der Waals surface area contributed by atoms with Crippen molar-refractivity contribution in [3.05, 3.63) is 41.5 Å². The summed E-state index contributed by atoms with van der Waals surface area (Å²) in [6.07, 6.45) is -3.75. The fourth-order valence-electron chi connectivity index (χ4n) is 1.92. The van der Waals surface area contributed by atoms with E-state index < -0.39 is 17.7 Å². The zero-order chi connectivity index (χ0) is 15.8. The summed E-state index contributed by atoms with van der Waals surface area (Å²) in [4.78, 5) is 14.6. The second kappa shape index (κ2) is 5.31. The lowest BCUT2D eigenvalue weighted by Crippen LogP contribution is -2.05. The predicted octanol–water partition coefficient (Wildman–Crippen LogP) is 3.93. The SMILES string of the molecule is CCn1cc(C(F)(F)F)nc1-c1ccc(C(C)=O)cc1F. The van der Waals surface area contributed by atoms with Crippen LogP contribution in [0.3, 0.4) is 0 Å². The molecule has 0 saturated heterocycles. The molecular formula is C14H12F4N2O. The van der Waals surface area contributed by atoms with E-state index in [2.05, 4.69) is 4.98 Å². The molecule has 1 heterocycles. The van der Waals surface area contributed by atoms with E-state index >= 15 is 0 Å². The molecule has 0 amide bonds. The van der Waals surface area contributed by atoms with Gasteiger partial charge in [-0.25, -0.2) is 9.37 Å². The maximum Gasteiger partial charge on any atom is 0.434 e. The molecule has 1 aromatic heterocycles. The number of alkyl halides is 3. The number of Topliss-reactive ketones (excluding diaryl/α,β-unsaturated/α-hetero) is 1. The minimum absolute atomic E-state index is 0.0719. The molecule has 0 bridgehead atoms. The van der Waals surface area contributed by atoms with E-state index in [9.17, 15) is 22.4 Å². The lowest BCUT2D eigenvalue weighted by molar-refractivity contribution is -0.140. The average Bonchev–Trinajstić information content (AvgIpc) is 2.82. The van der Waals surface area contributed by atoms with E-state index in [-0.39, 0.29) is 29.3 Å². The lowest BCUT2D eigenvalue weighted by atomic mass is 10.1. The zero-order valence-corrected chi connectivity index (χ0v) is 11.3. The summed E-state index contributed by atoms with van der Waals surface area (Å²) < 4.78 is 53.3. The van der Waals surface area contributed by atoms with Crippen molar-refractivity contribution >= 4 is 5.78 Å². The van der Waals surface area contributed by atoms with Crippen LogP contribution in [0.2, 0.25) is 0 Å². The highest BCUT2D eigenvalue weighted by Gasteiger charge is 2.35. The molecule has 0 spiro atoms. The zero-order valence-electron chi connectivity index (χ0n) is 11.3. The number of aryl methyl sites for hydroxylation is 1. The van der Waals surface area contributed by atoms with Gasteiger partial charge in [0.1, 0.15) is 11.6 Å². The van der Waals surface area contributed by atoms with Gasteiger partial charge in [0.05, 0.1) is 5.56 Å². The predicted molar refractivity (Wildman–Crippen MR) is 68.3 cm³/mol. The largest absolute Gasteiger partial charge is 0.434 e. The van der Waals surface area contributed by atoms with Crippen molar-refractivity contribution in [1.82, 2.24) is 9.55 Å². The Morgan fingerprint density at radius 3 is 2.48 bits per heavy atom. The number of benzene rings is 1. The first-order valence-electron chi connectivity index (χ1n) is 6.19. The van der Waals surface area contributed by atoms with Crippen LogP contribution < -0.4 is 0 Å². The van der Waals surface area contributed by atoms with Crippen LogP contribution in [0.5, 0.6) is 0 Å². The topological polar surface area (TPSA) is 34.9 Å². The van der Waals surface area contributed by atoms with Gasteiger partial charge in [-0.2, -0.15) is 13.2 Å². The Balaban J connectivity index is 2.56. The Morgan fingerprint density at radius 2 is 2.00 bits per heavy atom. The van der Waals surface area contributed by atoms with Crippen LogP contribution in [-0.2, 0) is 12.7 Å². The second-order valence-electron chi connectivity index (χ2n) is 4.48. The fourth-order valence-corrected chi connectivity index (χ4v) is 1.92. The van der Waals surface area contributed by atoms with Crippen molar-refractivity contribution in [2.45, 2.75) is 26.6 Å². The number of hydrogen-bond acceptors (Lipinski definition) is 2. The summed E-state index contributed by atoms with van der Waals surface area (Å²) >= 11 is 0. The third kappa shape index (κ3) is 2.96. The van der Waals surface area contributed by atoms with E-state index in [1.54, 1.807) is 6.92 Å². The van der Waals surface area contributed by atoms with Gasteiger partial charge in [0.2, 0.25) is 0 Å². The van der Waals surface area contributed by atoms with Gasteiger partial charge in [-0.3, -0.25) is 4.79 Å². The Kier molecular flexibility index (Phi) is 3.85. The van der Waals surface area contributed by atoms with Crippen molar-refractivity contribution in [2.75, 3.05) is 0 Å². The number of hydrogen-bond donors (Lipinski definition) is 0. The van der Waals surface area contributed by atoms with Gasteiger partial charge >= 0.3 is 6.18 Å². The number of nitrogens with zero attached hydrogens (tertiary/aromatic N) is 2. The smallest absolute Gasteiger partial charge is 0.331 e. The molecule has 0 aliphatic carbocycles. The molecule has 21 heavy (non-hydrogen) atoms. The van der Waals surface area contributed by atoms with E-state index in [0.29, 0.717) is 0 Å². The summed E-state index contributed by atoms with van der Waals surface area (Å²) in [5.41, 5.74) is -0.992. The van der Waals surface area contributed by atoms with Crippen LogP contribution in [0.4, 0.5) is 17.6 Å². The summed E-state index contributed by atoms with van der Waals surface area (Å²) in [6.45, 7) is 3.13. The van der Waals surface area contributed by atoms with Crippen molar-refractivity contribution < 1.29 is 22.4 Å². The molecule has 0 fully saturated rings. The first-order chi connectivity index (χ1) is 9.74. The molecule has 0 radical (unpaired) electrons. The standard InChI is InChI=1S/C14H12F4N2O/c1-3-20-7-12(14(16,17)18)19-13(20)10-5-4-9(8(2)21)6-11(10)15/h4-7H,3H2,1-2H3. The van der Waals surface area contributed by atoms with E-state index in [0.717, 1.165) is 12.3 Å². The van der Waals surface area contributed by atoms with E-state index in [1.807, 2.05) is 0 Å². The molecule has 112 valence electrons. The third-order valence-electron chi connectivity index (χ3n) is 3.02. The Hall–Kier alpha value is -2.18. The summed E-state index contributed by atoms with van der Waals surface area (Å²) in [7, 11) is 0. The van der Waals surface area contributed by atoms with Gasteiger partial charge in [0, 0.05) is 18.3 Å². The van der Waals surface area contributed by atoms with Crippen LogP contribution in [0.25, 0.3) is 11.4 Å². The molecule has 7 heteroatoms. The molecule has 0 aliphatic rings. The van der Waals surface area contributed by atoms with Gasteiger partial charge in [0.25, 0.3) is 0 Å². The minimum Gasteiger partial charge on any atom is -0.331 e. The van der Waals surface area contributed by atoms with Crippen molar-refractivity contribution in [3.63, 3.8) is 0 Å². The van der Waals surface area contributed by atoms with Crippen molar-refractivity contribution in [3.8, 4) is 11.4 Å². The third-order valence-corrected chi connectivity index (χ3v) is 3.02. The first-order valence-corrected chi connectivity index (χ1v) is 6.19. The number of ketones is 1. The highest BCUT2D eigenvalue weighted by molar-refractivity contribution is 5.94. The average molecular weight is 300 g/mol. The molecule has 3 nitrogen and oxygen atoms in total. The van der Waals surface area contributed by atoms with Gasteiger partial charge < -0.3 is 4.57 Å². The number of carbonyl (C=O) groups excluding carboxylic acids is 1. The number of carbonyl (C=O) groups is 1. The van der Waals surface area contributed by atoms with E-state index in [1.165, 1.54) is 23.6 Å². The molecular weight excluding hydrogens is 288 g/mol. The maximum absolute atomic E-state index is 14.0. The number of imidazole rings is 1. The Bertz CT molecular complexity index is 689. The number of halogens is 4. The van der Waals surface area contributed by atoms with Crippen molar-refractivity contribution in [2.24, 2.45) is 0 Å². The highest BCUT2D eigenvalue weighted by atomic mass is 19.4. The summed E-state index contributed by atoms with van der Waals surface area (Å²) in [6, 6.07) is 3.63. The lowest BCUT2D eigenvalue weighted by Gasteiger charge is -2.06. The van der Waals surface area contributed by atoms with Crippen molar-refractivity contribution in [1.29, 1.82) is 0 Å². The Morgan fingerprint density at radius 1 is 1.33 bits per heavy atom. The number of aromatic nitrogens is 2. The summed E-state index contributed by atoms with van der Waals surface area (Å²) in [5.74, 6) is -1.22. The molecule has 0 N–H and O–H groups in total. The molecule has 0 atom stereocenters. The molecule has 0 unspecified atom stereocenters. The van der Waals surface area contributed by atoms with Crippen LogP contribution in [0.1, 0.15) is 29.9 Å². The van der Waals surface area contributed by atoms with Gasteiger partial charge in [0.15, 0.2) is 11.5 Å². The number of rotatable bonds is 3. The van der Waals surface area contributed by atoms with Gasteiger partial charge in [-0.1, -0.05) is 6.07 Å². The normalized spacial score (nSPS) is 11.7. The first kappa shape index (κ1) is 15.2. The molecule has 2 aromatic rings.